The average Bonchev–Trinajstić information content (AvgIpc) is 2.81. The highest BCUT2D eigenvalue weighted by molar-refractivity contribution is 7.14. The van der Waals surface area contributed by atoms with Gasteiger partial charge in [0, 0.05) is 17.1 Å². The number of rotatable bonds is 5. The van der Waals surface area contributed by atoms with Gasteiger partial charge in [-0.25, -0.2) is 0 Å². The summed E-state index contributed by atoms with van der Waals surface area (Å²) >= 11 is 7.75. The first-order valence-electron chi connectivity index (χ1n) is 6.36. The fourth-order valence-corrected chi connectivity index (χ4v) is 2.81. The number of hydrogen-bond acceptors (Lipinski definition) is 4. The largest absolute Gasteiger partial charge is 0.310 e. The fraction of sp³-hybridized carbons (Fsp3) is 0.429. The summed E-state index contributed by atoms with van der Waals surface area (Å²) in [6.07, 6.45) is 0. The van der Waals surface area contributed by atoms with Crippen molar-refractivity contribution in [3.63, 3.8) is 0 Å². The van der Waals surface area contributed by atoms with Crippen molar-refractivity contribution in [1.82, 2.24) is 15.5 Å². The Bertz CT molecular complexity index is 551. The summed E-state index contributed by atoms with van der Waals surface area (Å²) in [5, 5.41) is 14.6. The number of nitrogens with one attached hydrogen (secondary N) is 1. The van der Waals surface area contributed by atoms with Crippen LogP contribution >= 0.6 is 22.9 Å². The van der Waals surface area contributed by atoms with E-state index in [-0.39, 0.29) is 0 Å². The standard InChI is InChI=1S/C14H18ClN3S/c1-9(2)7-16-8-13-17-18-14(19-13)11-5-4-6-12(15)10(11)3/h4-6,9,16H,7-8H2,1-3H3. The van der Waals surface area contributed by atoms with Gasteiger partial charge in [0.15, 0.2) is 0 Å². The second kappa shape index (κ2) is 6.46. The van der Waals surface area contributed by atoms with E-state index >= 15 is 0 Å². The number of hydrogen-bond donors (Lipinski definition) is 1. The Morgan fingerprint density at radius 2 is 2.11 bits per heavy atom. The van der Waals surface area contributed by atoms with Crippen molar-refractivity contribution in [2.45, 2.75) is 27.3 Å². The number of benzene rings is 1. The maximum atomic E-state index is 6.13. The van der Waals surface area contributed by atoms with Crippen LogP contribution in [-0.2, 0) is 6.54 Å². The first-order chi connectivity index (χ1) is 9.08. The summed E-state index contributed by atoms with van der Waals surface area (Å²) < 4.78 is 0. The van der Waals surface area contributed by atoms with E-state index in [4.69, 9.17) is 11.6 Å². The van der Waals surface area contributed by atoms with Crippen molar-refractivity contribution in [2.24, 2.45) is 5.92 Å². The summed E-state index contributed by atoms with van der Waals surface area (Å²) in [6.45, 7) is 8.15. The van der Waals surface area contributed by atoms with Gasteiger partial charge in [0.05, 0.1) is 0 Å². The Labute approximate surface area is 123 Å². The molecule has 0 saturated heterocycles. The van der Waals surface area contributed by atoms with Gasteiger partial charge >= 0.3 is 0 Å². The predicted molar refractivity (Wildman–Crippen MR) is 81.6 cm³/mol. The fourth-order valence-electron chi connectivity index (χ4n) is 1.74. The number of nitrogens with zero attached hydrogens (tertiary/aromatic N) is 2. The molecule has 0 atom stereocenters. The molecule has 19 heavy (non-hydrogen) atoms. The second-order valence-electron chi connectivity index (χ2n) is 4.94. The molecule has 102 valence electrons. The van der Waals surface area contributed by atoms with Gasteiger partial charge < -0.3 is 5.32 Å². The third-order valence-corrected chi connectivity index (χ3v) is 4.16. The lowest BCUT2D eigenvalue weighted by atomic mass is 10.1. The Kier molecular flexibility index (Phi) is 4.91. The van der Waals surface area contributed by atoms with Crippen LogP contribution in [-0.4, -0.2) is 16.7 Å². The molecule has 0 aliphatic heterocycles. The van der Waals surface area contributed by atoms with Gasteiger partial charge in [-0.1, -0.05) is 48.9 Å². The lowest BCUT2D eigenvalue weighted by Crippen LogP contribution is -2.18. The van der Waals surface area contributed by atoms with Gasteiger partial charge in [0.1, 0.15) is 10.0 Å². The summed E-state index contributed by atoms with van der Waals surface area (Å²) in [6, 6.07) is 5.88. The number of aromatic nitrogens is 2. The third-order valence-electron chi connectivity index (χ3n) is 2.79. The molecule has 5 heteroatoms. The van der Waals surface area contributed by atoms with Crippen LogP contribution in [0.3, 0.4) is 0 Å². The summed E-state index contributed by atoms with van der Waals surface area (Å²) in [4.78, 5) is 0. The summed E-state index contributed by atoms with van der Waals surface area (Å²) in [7, 11) is 0. The van der Waals surface area contributed by atoms with Crippen molar-refractivity contribution < 1.29 is 0 Å². The topological polar surface area (TPSA) is 37.8 Å². The smallest absolute Gasteiger partial charge is 0.148 e. The maximum Gasteiger partial charge on any atom is 0.148 e. The van der Waals surface area contributed by atoms with Crippen LogP contribution in [0.4, 0.5) is 0 Å². The molecule has 2 rings (SSSR count). The first-order valence-corrected chi connectivity index (χ1v) is 7.56. The monoisotopic (exact) mass is 295 g/mol. The predicted octanol–water partition coefficient (Wildman–Crippen LogP) is 3.91. The highest BCUT2D eigenvalue weighted by Crippen LogP contribution is 2.30. The molecule has 1 aromatic heterocycles. The number of halogens is 1. The highest BCUT2D eigenvalue weighted by atomic mass is 35.5. The molecule has 0 spiro atoms. The molecule has 0 unspecified atom stereocenters. The van der Waals surface area contributed by atoms with Crippen LogP contribution in [0, 0.1) is 12.8 Å². The minimum Gasteiger partial charge on any atom is -0.310 e. The average molecular weight is 296 g/mol. The molecule has 0 fully saturated rings. The molecule has 0 bridgehead atoms. The van der Waals surface area contributed by atoms with Gasteiger partial charge in [0.2, 0.25) is 0 Å². The van der Waals surface area contributed by atoms with Crippen LogP contribution in [0.1, 0.15) is 24.4 Å². The minimum atomic E-state index is 0.641. The zero-order valence-corrected chi connectivity index (χ0v) is 13.0. The Hall–Kier alpha value is -0.970. The molecule has 0 saturated carbocycles. The zero-order chi connectivity index (χ0) is 13.8. The molecular formula is C14H18ClN3S. The molecule has 1 N–H and O–H groups in total. The van der Waals surface area contributed by atoms with Crippen molar-refractivity contribution in [1.29, 1.82) is 0 Å². The van der Waals surface area contributed by atoms with Crippen LogP contribution in [0.15, 0.2) is 18.2 Å². The van der Waals surface area contributed by atoms with Crippen LogP contribution in [0.25, 0.3) is 10.6 Å². The second-order valence-corrected chi connectivity index (χ2v) is 6.41. The van der Waals surface area contributed by atoms with E-state index in [2.05, 4.69) is 29.4 Å². The first kappa shape index (κ1) is 14.4. The molecule has 1 aromatic carbocycles. The van der Waals surface area contributed by atoms with E-state index in [0.29, 0.717) is 5.92 Å². The van der Waals surface area contributed by atoms with Crippen LogP contribution in [0.5, 0.6) is 0 Å². The van der Waals surface area contributed by atoms with Gasteiger partial charge in [-0.3, -0.25) is 0 Å². The van der Waals surface area contributed by atoms with Crippen molar-refractivity contribution in [3.05, 3.63) is 33.8 Å². The molecule has 0 aliphatic carbocycles. The molecule has 0 amide bonds. The zero-order valence-electron chi connectivity index (χ0n) is 11.4. The van der Waals surface area contributed by atoms with E-state index in [1.54, 1.807) is 11.3 Å². The van der Waals surface area contributed by atoms with Crippen LogP contribution in [0.2, 0.25) is 5.02 Å². The van der Waals surface area contributed by atoms with E-state index in [9.17, 15) is 0 Å². The van der Waals surface area contributed by atoms with Gasteiger partial charge in [-0.2, -0.15) is 0 Å². The van der Waals surface area contributed by atoms with E-state index in [1.165, 1.54) is 0 Å². The van der Waals surface area contributed by atoms with E-state index in [0.717, 1.165) is 39.3 Å². The Morgan fingerprint density at radius 1 is 1.32 bits per heavy atom. The van der Waals surface area contributed by atoms with Gasteiger partial charge in [-0.05, 0) is 31.0 Å². The lowest BCUT2D eigenvalue weighted by Gasteiger charge is -2.04. The SMILES string of the molecule is Cc1c(Cl)cccc1-c1nnc(CNCC(C)C)s1. The molecule has 1 heterocycles. The molecule has 3 nitrogen and oxygen atoms in total. The van der Waals surface area contributed by atoms with Crippen molar-refractivity contribution in [2.75, 3.05) is 6.54 Å². The van der Waals surface area contributed by atoms with E-state index < -0.39 is 0 Å². The van der Waals surface area contributed by atoms with Crippen molar-refractivity contribution in [3.8, 4) is 10.6 Å². The summed E-state index contributed by atoms with van der Waals surface area (Å²) in [5.74, 6) is 0.641. The minimum absolute atomic E-state index is 0.641. The van der Waals surface area contributed by atoms with Gasteiger partial charge in [-0.15, -0.1) is 10.2 Å². The normalized spacial score (nSPS) is 11.2. The molecule has 0 aliphatic rings. The van der Waals surface area contributed by atoms with Crippen LogP contribution < -0.4 is 5.32 Å². The Balaban J connectivity index is 2.10. The summed E-state index contributed by atoms with van der Waals surface area (Å²) in [5.41, 5.74) is 2.13. The Morgan fingerprint density at radius 3 is 2.84 bits per heavy atom. The maximum absolute atomic E-state index is 6.13. The third kappa shape index (κ3) is 3.75. The lowest BCUT2D eigenvalue weighted by molar-refractivity contribution is 0.550. The van der Waals surface area contributed by atoms with Crippen molar-refractivity contribution >= 4 is 22.9 Å². The highest BCUT2D eigenvalue weighted by Gasteiger charge is 2.10. The van der Waals surface area contributed by atoms with Gasteiger partial charge in [0.25, 0.3) is 0 Å². The molecule has 0 radical (unpaired) electrons. The van der Waals surface area contributed by atoms with E-state index in [1.807, 2.05) is 25.1 Å². The quantitative estimate of drug-likeness (QED) is 0.909. The molecule has 2 aromatic rings. The molecular weight excluding hydrogens is 278 g/mol.